The van der Waals surface area contributed by atoms with Crippen molar-refractivity contribution < 1.29 is 0 Å². The maximum absolute atomic E-state index is 4.60. The Balaban J connectivity index is 1.80. The van der Waals surface area contributed by atoms with Gasteiger partial charge in [-0.1, -0.05) is 13.8 Å². The highest BCUT2D eigenvalue weighted by atomic mass is 32.2. The van der Waals surface area contributed by atoms with E-state index in [0.29, 0.717) is 5.92 Å². The van der Waals surface area contributed by atoms with Crippen molar-refractivity contribution in [2.45, 2.75) is 19.8 Å². The van der Waals surface area contributed by atoms with Crippen molar-refractivity contribution in [2.75, 3.05) is 49.6 Å². The molecular formula is C15H24N6S. The Morgan fingerprint density at radius 2 is 2.00 bits per heavy atom. The van der Waals surface area contributed by atoms with Gasteiger partial charge in [0.05, 0.1) is 11.4 Å². The second-order valence-electron chi connectivity index (χ2n) is 6.03. The van der Waals surface area contributed by atoms with E-state index < -0.39 is 0 Å². The molecule has 1 aliphatic heterocycles. The molecule has 0 N–H and O–H groups in total. The summed E-state index contributed by atoms with van der Waals surface area (Å²) in [5, 5.41) is 12.9. The normalized spacial score (nSPS) is 16.8. The SMILES string of the molecule is CSCCN1CCN(c2cc(C(C)C)nn3cnnc23)CC1. The first-order chi connectivity index (χ1) is 10.7. The van der Waals surface area contributed by atoms with Crippen LogP contribution in [0, 0.1) is 0 Å². The summed E-state index contributed by atoms with van der Waals surface area (Å²) in [6.07, 6.45) is 3.86. The van der Waals surface area contributed by atoms with Crippen molar-refractivity contribution in [3.8, 4) is 0 Å². The Labute approximate surface area is 135 Å². The molecule has 2 aromatic heterocycles. The lowest BCUT2D eigenvalue weighted by atomic mass is 10.1. The van der Waals surface area contributed by atoms with Gasteiger partial charge in [0.25, 0.3) is 0 Å². The predicted molar refractivity (Wildman–Crippen MR) is 91.9 cm³/mol. The van der Waals surface area contributed by atoms with Crippen LogP contribution in [0.1, 0.15) is 25.5 Å². The Kier molecular flexibility index (Phi) is 4.83. The van der Waals surface area contributed by atoms with Crippen molar-refractivity contribution >= 4 is 23.1 Å². The van der Waals surface area contributed by atoms with Crippen molar-refractivity contribution in [3.05, 3.63) is 18.1 Å². The molecule has 1 fully saturated rings. The summed E-state index contributed by atoms with van der Waals surface area (Å²) in [5.41, 5.74) is 3.12. The zero-order valence-corrected chi connectivity index (χ0v) is 14.4. The first-order valence-electron chi connectivity index (χ1n) is 7.86. The fraction of sp³-hybridized carbons (Fsp3) is 0.667. The first-order valence-corrected chi connectivity index (χ1v) is 9.25. The third kappa shape index (κ3) is 3.20. The number of anilines is 1. The number of rotatable bonds is 5. The van der Waals surface area contributed by atoms with Gasteiger partial charge in [0.15, 0.2) is 0 Å². The smallest absolute Gasteiger partial charge is 0.200 e. The molecule has 0 radical (unpaired) electrons. The Morgan fingerprint density at radius 1 is 1.23 bits per heavy atom. The molecule has 6 nitrogen and oxygen atoms in total. The van der Waals surface area contributed by atoms with Gasteiger partial charge in [0.2, 0.25) is 5.65 Å². The van der Waals surface area contributed by atoms with E-state index >= 15 is 0 Å². The van der Waals surface area contributed by atoms with E-state index in [4.69, 9.17) is 0 Å². The molecule has 7 heteroatoms. The Hall–Kier alpha value is -1.34. The van der Waals surface area contributed by atoms with E-state index in [1.54, 1.807) is 6.33 Å². The Morgan fingerprint density at radius 3 is 2.68 bits per heavy atom. The average Bonchev–Trinajstić information content (AvgIpc) is 3.01. The van der Waals surface area contributed by atoms with Crippen LogP contribution in [0.4, 0.5) is 5.69 Å². The molecule has 0 aromatic carbocycles. The van der Waals surface area contributed by atoms with Crippen LogP contribution >= 0.6 is 11.8 Å². The predicted octanol–water partition coefficient (Wildman–Crippen LogP) is 1.73. The van der Waals surface area contributed by atoms with Gasteiger partial charge in [0.1, 0.15) is 6.33 Å². The van der Waals surface area contributed by atoms with Gasteiger partial charge in [-0.2, -0.15) is 21.4 Å². The number of nitrogens with zero attached hydrogens (tertiary/aromatic N) is 6. The summed E-state index contributed by atoms with van der Waals surface area (Å²) in [6.45, 7) is 9.82. The molecule has 0 spiro atoms. The van der Waals surface area contributed by atoms with Crippen LogP contribution in [0.5, 0.6) is 0 Å². The van der Waals surface area contributed by atoms with Crippen molar-refractivity contribution in [1.82, 2.24) is 24.7 Å². The number of piperazine rings is 1. The molecule has 3 heterocycles. The largest absolute Gasteiger partial charge is 0.366 e. The van der Waals surface area contributed by atoms with E-state index in [1.807, 2.05) is 16.3 Å². The van der Waals surface area contributed by atoms with Crippen molar-refractivity contribution in [3.63, 3.8) is 0 Å². The van der Waals surface area contributed by atoms with Gasteiger partial charge in [-0.15, -0.1) is 10.2 Å². The molecular weight excluding hydrogens is 296 g/mol. The lowest BCUT2D eigenvalue weighted by Gasteiger charge is -2.36. The molecule has 120 valence electrons. The maximum atomic E-state index is 4.60. The van der Waals surface area contributed by atoms with Crippen LogP contribution in [0.2, 0.25) is 0 Å². The number of aromatic nitrogens is 4. The molecule has 0 atom stereocenters. The standard InChI is InChI=1S/C15H24N6S/c1-12(2)13-10-14(15-17-16-11-21(15)18-13)20-6-4-19(5-7-20)8-9-22-3/h10-12H,4-9H2,1-3H3. The number of thioether (sulfide) groups is 1. The van der Waals surface area contributed by atoms with Gasteiger partial charge < -0.3 is 4.90 Å². The lowest BCUT2D eigenvalue weighted by molar-refractivity contribution is 0.273. The summed E-state index contributed by atoms with van der Waals surface area (Å²) in [5.74, 6) is 1.61. The molecule has 0 unspecified atom stereocenters. The fourth-order valence-electron chi connectivity index (χ4n) is 2.78. The van der Waals surface area contributed by atoms with E-state index in [2.05, 4.69) is 51.3 Å². The highest BCUT2D eigenvalue weighted by Crippen LogP contribution is 2.24. The highest BCUT2D eigenvalue weighted by molar-refractivity contribution is 7.98. The third-order valence-electron chi connectivity index (χ3n) is 4.18. The van der Waals surface area contributed by atoms with Crippen LogP contribution in [-0.2, 0) is 0 Å². The minimum absolute atomic E-state index is 0.397. The van der Waals surface area contributed by atoms with Gasteiger partial charge in [-0.25, -0.2) is 0 Å². The molecule has 1 aliphatic rings. The second-order valence-corrected chi connectivity index (χ2v) is 7.02. The number of fused-ring (bicyclic) bond motifs is 1. The number of hydrogen-bond acceptors (Lipinski definition) is 6. The minimum atomic E-state index is 0.397. The number of hydrogen-bond donors (Lipinski definition) is 0. The zero-order chi connectivity index (χ0) is 15.5. The third-order valence-corrected chi connectivity index (χ3v) is 4.77. The van der Waals surface area contributed by atoms with E-state index in [9.17, 15) is 0 Å². The van der Waals surface area contributed by atoms with Crippen LogP contribution in [0.3, 0.4) is 0 Å². The molecule has 0 bridgehead atoms. The molecule has 3 rings (SSSR count). The van der Waals surface area contributed by atoms with Gasteiger partial charge in [0, 0.05) is 38.5 Å². The molecule has 0 saturated carbocycles. The molecule has 1 saturated heterocycles. The monoisotopic (exact) mass is 320 g/mol. The first kappa shape index (κ1) is 15.6. The van der Waals surface area contributed by atoms with Gasteiger partial charge >= 0.3 is 0 Å². The summed E-state index contributed by atoms with van der Waals surface area (Å²) in [4.78, 5) is 4.96. The minimum Gasteiger partial charge on any atom is -0.366 e. The van der Waals surface area contributed by atoms with Crippen LogP contribution in [0.25, 0.3) is 5.65 Å². The summed E-state index contributed by atoms with van der Waals surface area (Å²) < 4.78 is 1.81. The van der Waals surface area contributed by atoms with E-state index in [0.717, 1.165) is 37.5 Å². The zero-order valence-electron chi connectivity index (χ0n) is 13.6. The summed E-state index contributed by atoms with van der Waals surface area (Å²) in [6, 6.07) is 2.19. The van der Waals surface area contributed by atoms with Gasteiger partial charge in [-0.3, -0.25) is 4.90 Å². The maximum Gasteiger partial charge on any atom is 0.200 e. The molecule has 0 aliphatic carbocycles. The second kappa shape index (κ2) is 6.83. The lowest BCUT2D eigenvalue weighted by Crippen LogP contribution is -2.47. The molecule has 2 aromatic rings. The van der Waals surface area contributed by atoms with E-state index in [-0.39, 0.29) is 0 Å². The average molecular weight is 320 g/mol. The topological polar surface area (TPSA) is 49.6 Å². The van der Waals surface area contributed by atoms with Crippen LogP contribution in [0.15, 0.2) is 12.4 Å². The van der Waals surface area contributed by atoms with Crippen LogP contribution in [-0.4, -0.2) is 69.4 Å². The van der Waals surface area contributed by atoms with Gasteiger partial charge in [-0.05, 0) is 18.2 Å². The summed E-state index contributed by atoms with van der Waals surface area (Å²) in [7, 11) is 0. The fourth-order valence-corrected chi connectivity index (χ4v) is 3.22. The van der Waals surface area contributed by atoms with Crippen LogP contribution < -0.4 is 4.90 Å². The van der Waals surface area contributed by atoms with Crippen molar-refractivity contribution in [1.29, 1.82) is 0 Å². The Bertz CT molecular complexity index is 618. The quantitative estimate of drug-likeness (QED) is 0.836. The highest BCUT2D eigenvalue weighted by Gasteiger charge is 2.21. The molecule has 0 amide bonds. The van der Waals surface area contributed by atoms with E-state index in [1.165, 1.54) is 18.0 Å². The molecule has 22 heavy (non-hydrogen) atoms. The summed E-state index contributed by atoms with van der Waals surface area (Å²) >= 11 is 1.92. The van der Waals surface area contributed by atoms with Crippen molar-refractivity contribution in [2.24, 2.45) is 0 Å².